The molecule has 0 fully saturated rings. The Morgan fingerprint density at radius 1 is 1.00 bits per heavy atom. The number of nitrogens with one attached hydrogen (secondary N) is 1. The van der Waals surface area contributed by atoms with Gasteiger partial charge in [-0.3, -0.25) is 4.79 Å². The smallest absolute Gasteiger partial charge is 0.265 e. The van der Waals surface area contributed by atoms with Gasteiger partial charge in [-0.15, -0.1) is 0 Å². The third kappa shape index (κ3) is 4.73. The molecule has 2 aromatic rings. The quantitative estimate of drug-likeness (QED) is 0.745. The van der Waals surface area contributed by atoms with Crippen LogP contribution in [0.5, 0.6) is 23.0 Å². The molecule has 0 aliphatic rings. The molecule has 0 aromatic heterocycles. The molecular formula is C19H22ClNO5. The number of carbonyl (C=O) groups is 1. The molecule has 7 heteroatoms. The fraction of sp³-hybridized carbons (Fsp3) is 0.316. The summed E-state index contributed by atoms with van der Waals surface area (Å²) in [6.07, 6.45) is -0.181. The Labute approximate surface area is 158 Å². The maximum absolute atomic E-state index is 12.6. The van der Waals surface area contributed by atoms with Crippen LogP contribution in [0, 0.1) is 0 Å². The summed E-state index contributed by atoms with van der Waals surface area (Å²) in [5.41, 5.74) is 0.454. The molecule has 2 rings (SSSR count). The van der Waals surface area contributed by atoms with Crippen molar-refractivity contribution in [3.8, 4) is 23.0 Å². The van der Waals surface area contributed by atoms with Gasteiger partial charge < -0.3 is 24.3 Å². The van der Waals surface area contributed by atoms with E-state index in [-0.39, 0.29) is 5.91 Å². The molecule has 0 heterocycles. The summed E-state index contributed by atoms with van der Waals surface area (Å²) in [6, 6.07) is 10.2. The van der Waals surface area contributed by atoms with E-state index in [9.17, 15) is 4.79 Å². The number of halogens is 1. The Balaban J connectivity index is 2.15. The first-order valence-electron chi connectivity index (χ1n) is 8.05. The summed E-state index contributed by atoms with van der Waals surface area (Å²) < 4.78 is 21.4. The highest BCUT2D eigenvalue weighted by molar-refractivity contribution is 6.32. The number of anilines is 1. The van der Waals surface area contributed by atoms with E-state index in [0.29, 0.717) is 40.1 Å². The summed E-state index contributed by atoms with van der Waals surface area (Å²) in [5, 5.41) is 3.20. The van der Waals surface area contributed by atoms with E-state index in [4.69, 9.17) is 30.5 Å². The maximum Gasteiger partial charge on any atom is 0.265 e. The zero-order valence-electron chi connectivity index (χ0n) is 15.2. The summed E-state index contributed by atoms with van der Waals surface area (Å²) in [6.45, 7) is 1.87. The molecular weight excluding hydrogens is 358 g/mol. The van der Waals surface area contributed by atoms with Crippen molar-refractivity contribution in [1.29, 1.82) is 0 Å². The van der Waals surface area contributed by atoms with Crippen molar-refractivity contribution in [2.24, 2.45) is 0 Å². The lowest BCUT2D eigenvalue weighted by molar-refractivity contribution is -0.122. The normalized spacial score (nSPS) is 11.4. The van der Waals surface area contributed by atoms with Crippen LogP contribution in [0.4, 0.5) is 5.69 Å². The average Bonchev–Trinajstić information content (AvgIpc) is 2.67. The predicted molar refractivity (Wildman–Crippen MR) is 101 cm³/mol. The fourth-order valence-corrected chi connectivity index (χ4v) is 2.54. The number of carbonyl (C=O) groups excluding carboxylic acids is 1. The van der Waals surface area contributed by atoms with E-state index >= 15 is 0 Å². The third-order valence-electron chi connectivity index (χ3n) is 3.73. The summed E-state index contributed by atoms with van der Waals surface area (Å²) in [4.78, 5) is 12.6. The summed E-state index contributed by atoms with van der Waals surface area (Å²) >= 11 is 6.09. The lowest BCUT2D eigenvalue weighted by Crippen LogP contribution is -2.32. The van der Waals surface area contributed by atoms with Crippen molar-refractivity contribution in [3.63, 3.8) is 0 Å². The van der Waals surface area contributed by atoms with Crippen LogP contribution in [0.1, 0.15) is 13.3 Å². The zero-order valence-corrected chi connectivity index (χ0v) is 15.9. The Hall–Kier alpha value is -2.60. The molecule has 140 valence electrons. The van der Waals surface area contributed by atoms with Crippen LogP contribution in [0.15, 0.2) is 36.4 Å². The zero-order chi connectivity index (χ0) is 19.1. The van der Waals surface area contributed by atoms with Gasteiger partial charge in [0.1, 0.15) is 23.0 Å². The second-order valence-electron chi connectivity index (χ2n) is 5.37. The summed E-state index contributed by atoms with van der Waals surface area (Å²) in [5.74, 6) is 1.86. The van der Waals surface area contributed by atoms with E-state index in [1.165, 1.54) is 14.2 Å². The summed E-state index contributed by atoms with van der Waals surface area (Å²) in [7, 11) is 4.59. The number of ether oxygens (including phenoxy) is 4. The molecule has 0 saturated carbocycles. The molecule has 0 radical (unpaired) electrons. The molecule has 0 saturated heterocycles. The standard InChI is InChI=1S/C19H22ClNO5/c1-5-16(26-13-8-6-12(23-2)7-9-13)19(22)21-15-11-17(24-3)14(20)10-18(15)25-4/h6-11,16H,5H2,1-4H3,(H,21,22)/t16-/m1/s1. The van der Waals surface area contributed by atoms with Gasteiger partial charge in [0.2, 0.25) is 0 Å². The number of hydrogen-bond acceptors (Lipinski definition) is 5. The largest absolute Gasteiger partial charge is 0.497 e. The van der Waals surface area contributed by atoms with Gasteiger partial charge in [-0.2, -0.15) is 0 Å². The van der Waals surface area contributed by atoms with Crippen molar-refractivity contribution < 1.29 is 23.7 Å². The first-order chi connectivity index (χ1) is 12.5. The van der Waals surface area contributed by atoms with Gasteiger partial charge in [-0.1, -0.05) is 18.5 Å². The highest BCUT2D eigenvalue weighted by Gasteiger charge is 2.21. The molecule has 2 aromatic carbocycles. The van der Waals surface area contributed by atoms with Crippen molar-refractivity contribution in [2.75, 3.05) is 26.6 Å². The maximum atomic E-state index is 12.6. The lowest BCUT2D eigenvalue weighted by atomic mass is 10.2. The molecule has 1 atom stereocenters. The van der Waals surface area contributed by atoms with Crippen LogP contribution in [0.25, 0.3) is 0 Å². The van der Waals surface area contributed by atoms with Gasteiger partial charge in [0.25, 0.3) is 5.91 Å². The van der Waals surface area contributed by atoms with E-state index in [1.54, 1.807) is 43.5 Å². The number of hydrogen-bond donors (Lipinski definition) is 1. The van der Waals surface area contributed by atoms with E-state index < -0.39 is 6.10 Å². The highest BCUT2D eigenvalue weighted by Crippen LogP contribution is 2.36. The molecule has 26 heavy (non-hydrogen) atoms. The van der Waals surface area contributed by atoms with Crippen molar-refractivity contribution in [3.05, 3.63) is 41.4 Å². The number of methoxy groups -OCH3 is 3. The van der Waals surface area contributed by atoms with Crippen LogP contribution in [0.2, 0.25) is 5.02 Å². The molecule has 0 aliphatic heterocycles. The molecule has 0 spiro atoms. The first kappa shape index (κ1) is 19.7. The molecule has 0 bridgehead atoms. The van der Waals surface area contributed by atoms with Crippen LogP contribution < -0.4 is 24.3 Å². The Morgan fingerprint density at radius 2 is 1.62 bits per heavy atom. The van der Waals surface area contributed by atoms with Crippen molar-refractivity contribution >= 4 is 23.2 Å². The van der Waals surface area contributed by atoms with E-state index in [1.807, 2.05) is 6.92 Å². The SMILES string of the molecule is CC[C@@H](Oc1ccc(OC)cc1)C(=O)Nc1cc(OC)c(Cl)cc1OC. The number of rotatable bonds is 8. The van der Waals surface area contributed by atoms with Crippen LogP contribution in [0.3, 0.4) is 0 Å². The van der Waals surface area contributed by atoms with E-state index in [0.717, 1.165) is 0 Å². The topological polar surface area (TPSA) is 66.0 Å². The Kier molecular flexibility index (Phi) is 6.97. The second kappa shape index (κ2) is 9.20. The minimum Gasteiger partial charge on any atom is -0.497 e. The Bertz CT molecular complexity index is 748. The molecule has 6 nitrogen and oxygen atoms in total. The molecule has 0 unspecified atom stereocenters. The van der Waals surface area contributed by atoms with Gasteiger partial charge in [0, 0.05) is 12.1 Å². The molecule has 0 aliphatic carbocycles. The van der Waals surface area contributed by atoms with Crippen LogP contribution in [-0.4, -0.2) is 33.3 Å². The third-order valence-corrected chi connectivity index (χ3v) is 4.03. The van der Waals surface area contributed by atoms with Crippen molar-refractivity contribution in [1.82, 2.24) is 0 Å². The van der Waals surface area contributed by atoms with Crippen molar-refractivity contribution in [2.45, 2.75) is 19.4 Å². The highest BCUT2D eigenvalue weighted by atomic mass is 35.5. The number of amides is 1. The van der Waals surface area contributed by atoms with Gasteiger partial charge in [-0.25, -0.2) is 0 Å². The minimum absolute atomic E-state index is 0.300. The lowest BCUT2D eigenvalue weighted by Gasteiger charge is -2.19. The second-order valence-corrected chi connectivity index (χ2v) is 5.77. The monoisotopic (exact) mass is 379 g/mol. The average molecular weight is 380 g/mol. The minimum atomic E-state index is -0.672. The molecule has 1 N–H and O–H groups in total. The van der Waals surface area contributed by atoms with Gasteiger partial charge in [0.15, 0.2) is 6.10 Å². The van der Waals surface area contributed by atoms with Gasteiger partial charge in [-0.05, 0) is 30.7 Å². The number of benzene rings is 2. The first-order valence-corrected chi connectivity index (χ1v) is 8.43. The van der Waals surface area contributed by atoms with Gasteiger partial charge in [0.05, 0.1) is 32.0 Å². The Morgan fingerprint density at radius 3 is 2.15 bits per heavy atom. The molecule has 1 amide bonds. The van der Waals surface area contributed by atoms with Gasteiger partial charge >= 0.3 is 0 Å². The van der Waals surface area contributed by atoms with Crippen LogP contribution >= 0.6 is 11.6 Å². The fourth-order valence-electron chi connectivity index (χ4n) is 2.31. The predicted octanol–water partition coefficient (Wildman–Crippen LogP) is 4.16. The van der Waals surface area contributed by atoms with Crippen LogP contribution in [-0.2, 0) is 4.79 Å². The van der Waals surface area contributed by atoms with E-state index in [2.05, 4.69) is 5.32 Å².